The first kappa shape index (κ1) is 25.0. The average molecular weight is 505 g/mol. The molecule has 0 aliphatic carbocycles. The third-order valence-corrected chi connectivity index (χ3v) is 5.41. The molecule has 0 unspecified atom stereocenters. The van der Waals surface area contributed by atoms with E-state index in [2.05, 4.69) is 20.6 Å². The van der Waals surface area contributed by atoms with Crippen LogP contribution in [0.5, 0.6) is 11.5 Å². The molecule has 9 heteroatoms. The van der Waals surface area contributed by atoms with Gasteiger partial charge in [-0.1, -0.05) is 60.1 Å². The maximum Gasteiger partial charge on any atom is 0.249 e. The van der Waals surface area contributed by atoms with E-state index < -0.39 is 11.9 Å². The number of benzene rings is 3. The fourth-order valence-corrected chi connectivity index (χ4v) is 3.57. The van der Waals surface area contributed by atoms with Crippen LogP contribution >= 0.6 is 11.6 Å². The highest BCUT2D eigenvalue weighted by atomic mass is 35.5. The third-order valence-electron chi connectivity index (χ3n) is 5.11. The van der Waals surface area contributed by atoms with Gasteiger partial charge in [0.2, 0.25) is 11.8 Å². The van der Waals surface area contributed by atoms with Crippen LogP contribution in [0.3, 0.4) is 0 Å². The lowest BCUT2D eigenvalue weighted by molar-refractivity contribution is -0.127. The van der Waals surface area contributed by atoms with Gasteiger partial charge < -0.3 is 25.1 Å². The summed E-state index contributed by atoms with van der Waals surface area (Å²) < 4.78 is 11.5. The van der Waals surface area contributed by atoms with E-state index >= 15 is 0 Å². The lowest BCUT2D eigenvalue weighted by atomic mass is 10.2. The zero-order valence-corrected chi connectivity index (χ0v) is 20.1. The summed E-state index contributed by atoms with van der Waals surface area (Å²) in [6, 6.07) is 22.8. The molecule has 2 amide bonds. The summed E-state index contributed by atoms with van der Waals surface area (Å²) >= 11 is 6.38. The molecule has 0 fully saturated rings. The SMILES string of the molecule is O=C(Cc1c[nH]cn1)N[C@@H](COCc1ccccc1)C(=O)Nc1ccc(Oc2ccccc2)c(Cl)c1. The smallest absolute Gasteiger partial charge is 0.249 e. The minimum atomic E-state index is -0.931. The molecule has 0 aliphatic rings. The van der Waals surface area contributed by atoms with E-state index in [4.69, 9.17) is 21.1 Å². The lowest BCUT2D eigenvalue weighted by Crippen LogP contribution is -2.47. The Labute approximate surface area is 213 Å². The Kier molecular flexibility index (Phi) is 8.69. The Morgan fingerprint density at radius 3 is 2.44 bits per heavy atom. The third kappa shape index (κ3) is 7.43. The molecule has 0 radical (unpaired) electrons. The quantitative estimate of drug-likeness (QED) is 0.273. The van der Waals surface area contributed by atoms with Crippen molar-refractivity contribution in [1.82, 2.24) is 15.3 Å². The molecule has 36 heavy (non-hydrogen) atoms. The van der Waals surface area contributed by atoms with Crippen molar-refractivity contribution in [2.24, 2.45) is 0 Å². The molecular formula is C27H25ClN4O4. The lowest BCUT2D eigenvalue weighted by Gasteiger charge is -2.19. The molecule has 0 saturated carbocycles. The van der Waals surface area contributed by atoms with E-state index in [9.17, 15) is 9.59 Å². The Hall–Kier alpha value is -4.14. The number of H-pyrrole nitrogens is 1. The van der Waals surface area contributed by atoms with Gasteiger partial charge in [-0.2, -0.15) is 0 Å². The second-order valence-electron chi connectivity index (χ2n) is 7.91. The van der Waals surface area contributed by atoms with E-state index in [1.165, 1.54) is 6.33 Å². The summed E-state index contributed by atoms with van der Waals surface area (Å²) in [6.07, 6.45) is 3.15. The number of hydrogen-bond acceptors (Lipinski definition) is 5. The van der Waals surface area contributed by atoms with E-state index in [0.29, 0.717) is 34.5 Å². The average Bonchev–Trinajstić information content (AvgIpc) is 3.39. The number of carbonyl (C=O) groups excluding carboxylic acids is 2. The molecule has 0 saturated heterocycles. The topological polar surface area (TPSA) is 105 Å². The monoisotopic (exact) mass is 504 g/mol. The van der Waals surface area contributed by atoms with Crippen LogP contribution < -0.4 is 15.4 Å². The minimum absolute atomic E-state index is 0.0179. The normalized spacial score (nSPS) is 11.5. The van der Waals surface area contributed by atoms with Gasteiger partial charge in [-0.3, -0.25) is 9.59 Å². The molecular weight excluding hydrogens is 480 g/mol. The molecule has 8 nitrogen and oxygen atoms in total. The van der Waals surface area contributed by atoms with Crippen molar-refractivity contribution < 1.29 is 19.1 Å². The van der Waals surface area contributed by atoms with Crippen molar-refractivity contribution in [1.29, 1.82) is 0 Å². The maximum atomic E-state index is 13.1. The number of anilines is 1. The number of rotatable bonds is 11. The first-order chi connectivity index (χ1) is 17.6. The van der Waals surface area contributed by atoms with Gasteiger partial charge in [0.1, 0.15) is 17.5 Å². The predicted octanol–water partition coefficient (Wildman–Crippen LogP) is 4.74. The van der Waals surface area contributed by atoms with Crippen molar-refractivity contribution in [2.75, 3.05) is 11.9 Å². The summed E-state index contributed by atoms with van der Waals surface area (Å²) in [5.41, 5.74) is 1.98. The Bertz CT molecular complexity index is 1270. The van der Waals surface area contributed by atoms with E-state index in [0.717, 1.165) is 5.56 Å². The Balaban J connectivity index is 1.40. The second-order valence-corrected chi connectivity index (χ2v) is 8.31. The molecule has 4 rings (SSSR count). The van der Waals surface area contributed by atoms with Crippen molar-refractivity contribution >= 4 is 29.1 Å². The number of nitrogens with zero attached hydrogens (tertiary/aromatic N) is 1. The molecule has 4 aromatic rings. The van der Waals surface area contributed by atoms with Gasteiger partial charge in [0.05, 0.1) is 36.7 Å². The minimum Gasteiger partial charge on any atom is -0.456 e. The highest BCUT2D eigenvalue weighted by Crippen LogP contribution is 2.31. The van der Waals surface area contributed by atoms with E-state index in [1.54, 1.807) is 24.4 Å². The standard InChI is InChI=1S/C27H25ClN4O4/c28-23-13-20(11-12-25(23)36-22-9-5-2-6-10-22)31-27(34)24(17-35-16-19-7-3-1-4-8-19)32-26(33)14-21-15-29-18-30-21/h1-13,15,18,24H,14,16-17H2,(H,29,30)(H,31,34)(H,32,33)/t24-/m0/s1. The predicted molar refractivity (Wildman–Crippen MR) is 137 cm³/mol. The van der Waals surface area contributed by atoms with Crippen LogP contribution in [0.4, 0.5) is 5.69 Å². The zero-order chi connectivity index (χ0) is 25.2. The molecule has 3 N–H and O–H groups in total. The number of para-hydroxylation sites is 1. The van der Waals surface area contributed by atoms with Gasteiger partial charge >= 0.3 is 0 Å². The Morgan fingerprint density at radius 1 is 1.00 bits per heavy atom. The molecule has 0 spiro atoms. The largest absolute Gasteiger partial charge is 0.456 e. The van der Waals surface area contributed by atoms with Gasteiger partial charge in [-0.25, -0.2) is 4.98 Å². The highest BCUT2D eigenvalue weighted by Gasteiger charge is 2.22. The van der Waals surface area contributed by atoms with Crippen LogP contribution in [0.25, 0.3) is 0 Å². The summed E-state index contributed by atoms with van der Waals surface area (Å²) in [5, 5.41) is 5.85. The highest BCUT2D eigenvalue weighted by molar-refractivity contribution is 6.32. The molecule has 3 aromatic carbocycles. The van der Waals surface area contributed by atoms with E-state index in [1.807, 2.05) is 60.7 Å². The fourth-order valence-electron chi connectivity index (χ4n) is 3.36. The van der Waals surface area contributed by atoms with Crippen LogP contribution in [-0.2, 0) is 27.4 Å². The number of carbonyl (C=O) groups is 2. The molecule has 1 heterocycles. The number of imidazole rings is 1. The fraction of sp³-hybridized carbons (Fsp3) is 0.148. The number of hydrogen-bond donors (Lipinski definition) is 3. The molecule has 184 valence electrons. The summed E-state index contributed by atoms with van der Waals surface area (Å²) in [6.45, 7) is 0.285. The van der Waals surface area contributed by atoms with Gasteiger partial charge in [0.25, 0.3) is 0 Å². The first-order valence-corrected chi connectivity index (χ1v) is 11.7. The summed E-state index contributed by atoms with van der Waals surface area (Å²) in [5.74, 6) is 0.309. The van der Waals surface area contributed by atoms with Gasteiger partial charge in [-0.05, 0) is 35.9 Å². The van der Waals surface area contributed by atoms with Crippen LogP contribution in [0, 0.1) is 0 Å². The van der Waals surface area contributed by atoms with Crippen molar-refractivity contribution in [3.8, 4) is 11.5 Å². The summed E-state index contributed by atoms with van der Waals surface area (Å²) in [4.78, 5) is 32.5. The molecule has 1 atom stereocenters. The number of amides is 2. The van der Waals surface area contributed by atoms with Gasteiger partial charge in [0.15, 0.2) is 0 Å². The Morgan fingerprint density at radius 2 is 1.75 bits per heavy atom. The van der Waals surface area contributed by atoms with Crippen LogP contribution in [0.1, 0.15) is 11.3 Å². The van der Waals surface area contributed by atoms with Crippen molar-refractivity contribution in [2.45, 2.75) is 19.1 Å². The zero-order valence-electron chi connectivity index (χ0n) is 19.3. The van der Waals surface area contributed by atoms with Crippen molar-refractivity contribution in [3.05, 3.63) is 108 Å². The summed E-state index contributed by atoms with van der Waals surface area (Å²) in [7, 11) is 0. The number of ether oxygens (including phenoxy) is 2. The van der Waals surface area contributed by atoms with Crippen LogP contribution in [-0.4, -0.2) is 34.4 Å². The number of aromatic nitrogens is 2. The number of halogens is 1. The number of aromatic amines is 1. The molecule has 0 bridgehead atoms. The first-order valence-electron chi connectivity index (χ1n) is 11.3. The van der Waals surface area contributed by atoms with Crippen LogP contribution in [0.15, 0.2) is 91.4 Å². The van der Waals surface area contributed by atoms with Crippen molar-refractivity contribution in [3.63, 3.8) is 0 Å². The van der Waals surface area contributed by atoms with Gasteiger partial charge in [-0.15, -0.1) is 0 Å². The van der Waals surface area contributed by atoms with Crippen LogP contribution in [0.2, 0.25) is 5.02 Å². The van der Waals surface area contributed by atoms with E-state index in [-0.39, 0.29) is 18.9 Å². The molecule has 0 aliphatic heterocycles. The second kappa shape index (κ2) is 12.5. The van der Waals surface area contributed by atoms with Gasteiger partial charge in [0, 0.05) is 11.9 Å². The number of nitrogens with one attached hydrogen (secondary N) is 3. The maximum absolute atomic E-state index is 13.1. The molecule has 1 aromatic heterocycles.